The van der Waals surface area contributed by atoms with Crippen molar-refractivity contribution in [3.8, 4) is 0 Å². The van der Waals surface area contributed by atoms with Crippen LogP contribution < -0.4 is 0 Å². The molecular weight excluding hydrogens is 314 g/mol. The Bertz CT molecular complexity index is 901. The van der Waals surface area contributed by atoms with Gasteiger partial charge in [-0.2, -0.15) is 8.42 Å². The number of fused-ring (bicyclic) bond motifs is 1. The molecule has 0 aromatic heterocycles. The van der Waals surface area contributed by atoms with Gasteiger partial charge in [0.15, 0.2) is 0 Å². The molecule has 0 unspecified atom stereocenters. The van der Waals surface area contributed by atoms with Crippen molar-refractivity contribution in [1.29, 1.82) is 0 Å². The maximum Gasteiger partial charge on any atom is 0.294 e. The summed E-state index contributed by atoms with van der Waals surface area (Å²) in [6.07, 6.45) is 1.45. The summed E-state index contributed by atoms with van der Waals surface area (Å²) >= 11 is 0. The van der Waals surface area contributed by atoms with E-state index in [4.69, 9.17) is 9.76 Å². The molecule has 5 nitrogen and oxygen atoms in total. The summed E-state index contributed by atoms with van der Waals surface area (Å²) in [5, 5.41) is 13.7. The Labute approximate surface area is 134 Å². The Morgan fingerprint density at radius 2 is 1.43 bits per heavy atom. The first kappa shape index (κ1) is 16.7. The van der Waals surface area contributed by atoms with Crippen LogP contribution in [0.15, 0.2) is 82.8 Å². The van der Waals surface area contributed by atoms with Crippen LogP contribution in [0, 0.1) is 0 Å². The van der Waals surface area contributed by atoms with Crippen LogP contribution in [0.3, 0.4) is 0 Å². The molecule has 3 aromatic carbocycles. The van der Waals surface area contributed by atoms with Crippen LogP contribution in [-0.4, -0.2) is 24.4 Å². The van der Waals surface area contributed by atoms with Gasteiger partial charge >= 0.3 is 0 Å². The Balaban J connectivity index is 0.000000174. The summed E-state index contributed by atoms with van der Waals surface area (Å²) in [7, 11) is -4.00. The van der Waals surface area contributed by atoms with Gasteiger partial charge in [-0.15, -0.1) is 0 Å². The molecule has 3 rings (SSSR count). The standard InChI is InChI=1S/C11H9NO.C6H6O3S/c13-12-8-10-6-3-5-9-4-1-2-7-11(9)10;7-10(8,9)6-4-2-1-3-5-6/h1-8,13H;1-5H,(H,7,8,9). The van der Waals surface area contributed by atoms with Crippen molar-refractivity contribution in [2.75, 3.05) is 0 Å². The zero-order valence-electron chi connectivity index (χ0n) is 12.1. The van der Waals surface area contributed by atoms with Gasteiger partial charge in [-0.05, 0) is 22.9 Å². The van der Waals surface area contributed by atoms with Gasteiger partial charge in [-0.1, -0.05) is 65.8 Å². The van der Waals surface area contributed by atoms with E-state index in [0.717, 1.165) is 16.3 Å². The second-order valence-corrected chi connectivity index (χ2v) is 6.02. The Morgan fingerprint density at radius 3 is 2.04 bits per heavy atom. The summed E-state index contributed by atoms with van der Waals surface area (Å²) in [6.45, 7) is 0. The fraction of sp³-hybridized carbons (Fsp3) is 0. The van der Waals surface area contributed by atoms with E-state index in [1.807, 2.05) is 42.5 Å². The van der Waals surface area contributed by atoms with Gasteiger partial charge < -0.3 is 5.21 Å². The largest absolute Gasteiger partial charge is 0.411 e. The molecule has 0 atom stereocenters. The molecule has 0 fully saturated rings. The van der Waals surface area contributed by atoms with Crippen LogP contribution in [0.25, 0.3) is 10.8 Å². The Morgan fingerprint density at radius 1 is 0.826 bits per heavy atom. The Kier molecular flexibility index (Phi) is 5.46. The summed E-state index contributed by atoms with van der Waals surface area (Å²) in [4.78, 5) is -0.0741. The van der Waals surface area contributed by atoms with Gasteiger partial charge in [0.1, 0.15) is 0 Å². The van der Waals surface area contributed by atoms with Gasteiger partial charge in [-0.25, -0.2) is 0 Å². The van der Waals surface area contributed by atoms with Crippen molar-refractivity contribution >= 4 is 27.1 Å². The molecule has 0 saturated heterocycles. The quantitative estimate of drug-likeness (QED) is 0.325. The van der Waals surface area contributed by atoms with Crippen LogP contribution in [0.5, 0.6) is 0 Å². The summed E-state index contributed by atoms with van der Waals surface area (Å²) < 4.78 is 29.2. The normalized spacial score (nSPS) is 11.2. The lowest BCUT2D eigenvalue weighted by atomic mass is 10.1. The topological polar surface area (TPSA) is 87.0 Å². The van der Waals surface area contributed by atoms with Crippen LogP contribution in [0.4, 0.5) is 0 Å². The first-order chi connectivity index (χ1) is 11.0. The van der Waals surface area contributed by atoms with E-state index in [-0.39, 0.29) is 4.90 Å². The average molecular weight is 329 g/mol. The average Bonchev–Trinajstić information content (AvgIpc) is 2.56. The highest BCUT2D eigenvalue weighted by molar-refractivity contribution is 7.85. The van der Waals surface area contributed by atoms with Crippen LogP contribution in [0.1, 0.15) is 5.56 Å². The van der Waals surface area contributed by atoms with Crippen molar-refractivity contribution in [3.63, 3.8) is 0 Å². The van der Waals surface area contributed by atoms with Gasteiger partial charge in [0.05, 0.1) is 11.1 Å². The van der Waals surface area contributed by atoms with E-state index in [2.05, 4.69) is 5.16 Å². The predicted molar refractivity (Wildman–Crippen MR) is 89.6 cm³/mol. The van der Waals surface area contributed by atoms with E-state index in [1.165, 1.54) is 18.3 Å². The van der Waals surface area contributed by atoms with Crippen LogP contribution >= 0.6 is 0 Å². The lowest BCUT2D eigenvalue weighted by Gasteiger charge is -1.99. The lowest BCUT2D eigenvalue weighted by molar-refractivity contribution is 0.322. The fourth-order valence-corrected chi connectivity index (χ4v) is 2.52. The molecule has 6 heteroatoms. The molecule has 0 radical (unpaired) electrons. The predicted octanol–water partition coefficient (Wildman–Crippen LogP) is 3.58. The number of nitrogens with zero attached hydrogens (tertiary/aromatic N) is 1. The highest BCUT2D eigenvalue weighted by atomic mass is 32.2. The number of benzene rings is 3. The zero-order valence-corrected chi connectivity index (χ0v) is 12.9. The minimum Gasteiger partial charge on any atom is -0.411 e. The van der Waals surface area contributed by atoms with Crippen molar-refractivity contribution in [2.24, 2.45) is 5.16 Å². The summed E-state index contributed by atoms with van der Waals surface area (Å²) in [5.41, 5.74) is 0.931. The van der Waals surface area contributed by atoms with Crippen LogP contribution in [0.2, 0.25) is 0 Å². The van der Waals surface area contributed by atoms with Gasteiger partial charge in [0.25, 0.3) is 10.1 Å². The molecule has 3 aromatic rings. The van der Waals surface area contributed by atoms with Crippen LogP contribution in [-0.2, 0) is 10.1 Å². The smallest absolute Gasteiger partial charge is 0.294 e. The molecule has 0 spiro atoms. The third-order valence-electron chi connectivity index (χ3n) is 3.06. The highest BCUT2D eigenvalue weighted by Crippen LogP contribution is 2.16. The SMILES string of the molecule is O=S(=O)(O)c1ccccc1.ON=Cc1cccc2ccccc12. The molecule has 23 heavy (non-hydrogen) atoms. The van der Waals surface area contributed by atoms with E-state index < -0.39 is 10.1 Å². The molecule has 0 heterocycles. The first-order valence-electron chi connectivity index (χ1n) is 6.70. The minimum atomic E-state index is -4.00. The van der Waals surface area contributed by atoms with E-state index in [0.29, 0.717) is 0 Å². The van der Waals surface area contributed by atoms with Crippen molar-refractivity contribution in [2.45, 2.75) is 4.90 Å². The highest BCUT2D eigenvalue weighted by Gasteiger charge is 2.05. The van der Waals surface area contributed by atoms with Crippen molar-refractivity contribution < 1.29 is 18.2 Å². The second kappa shape index (κ2) is 7.53. The van der Waals surface area contributed by atoms with Crippen molar-refractivity contribution in [3.05, 3.63) is 78.4 Å². The van der Waals surface area contributed by atoms with Gasteiger partial charge in [-0.3, -0.25) is 4.55 Å². The number of hydrogen-bond acceptors (Lipinski definition) is 4. The maximum absolute atomic E-state index is 10.4. The molecule has 2 N–H and O–H groups in total. The monoisotopic (exact) mass is 329 g/mol. The summed E-state index contributed by atoms with van der Waals surface area (Å²) in [5.74, 6) is 0. The summed E-state index contributed by atoms with van der Waals surface area (Å²) in [6, 6.07) is 21.3. The fourth-order valence-electron chi connectivity index (χ4n) is 2.02. The number of rotatable bonds is 2. The lowest BCUT2D eigenvalue weighted by Crippen LogP contribution is -1.96. The minimum absolute atomic E-state index is 0.0741. The molecule has 0 aliphatic rings. The maximum atomic E-state index is 10.4. The third kappa shape index (κ3) is 4.64. The van der Waals surface area contributed by atoms with Gasteiger partial charge in [0.2, 0.25) is 0 Å². The number of hydrogen-bond donors (Lipinski definition) is 2. The molecule has 0 bridgehead atoms. The zero-order chi connectivity index (χ0) is 16.7. The molecule has 118 valence electrons. The van der Waals surface area contributed by atoms with E-state index in [9.17, 15) is 8.42 Å². The Hall–Kier alpha value is -2.70. The molecule has 0 aliphatic heterocycles. The molecule has 0 amide bonds. The van der Waals surface area contributed by atoms with Gasteiger partial charge in [0, 0.05) is 5.56 Å². The van der Waals surface area contributed by atoms with Crippen molar-refractivity contribution in [1.82, 2.24) is 0 Å². The van der Waals surface area contributed by atoms with E-state index >= 15 is 0 Å². The molecule has 0 aliphatic carbocycles. The first-order valence-corrected chi connectivity index (χ1v) is 8.14. The third-order valence-corrected chi connectivity index (χ3v) is 3.93. The number of oxime groups is 1. The molecule has 0 saturated carbocycles. The second-order valence-electron chi connectivity index (χ2n) is 4.60. The molecular formula is C17H15NO4S. The van der Waals surface area contributed by atoms with E-state index in [1.54, 1.807) is 18.2 Å².